The molecule has 4 nitrogen and oxygen atoms in total. The summed E-state index contributed by atoms with van der Waals surface area (Å²) in [5, 5.41) is 0. The van der Waals surface area contributed by atoms with Crippen molar-refractivity contribution >= 4 is 22.4 Å². The normalized spacial score (nSPS) is 12.2. The summed E-state index contributed by atoms with van der Waals surface area (Å²) < 4.78 is 39.0. The van der Waals surface area contributed by atoms with Crippen molar-refractivity contribution in [3.8, 4) is 0 Å². The van der Waals surface area contributed by atoms with Crippen LogP contribution in [0.15, 0.2) is 17.0 Å². The molecule has 0 fully saturated rings. The van der Waals surface area contributed by atoms with Gasteiger partial charge in [0, 0.05) is 18.8 Å². The number of anilines is 1. The minimum Gasteiger partial charge on any atom is -0.399 e. The number of amides is 1. The number of halogens is 2. The highest BCUT2D eigenvalue weighted by Crippen LogP contribution is 2.20. The van der Waals surface area contributed by atoms with Gasteiger partial charge in [0.1, 0.15) is 22.3 Å². The van der Waals surface area contributed by atoms with Crippen LogP contribution in [0.1, 0.15) is 13.8 Å². The summed E-state index contributed by atoms with van der Waals surface area (Å²) in [5.74, 6) is -2.84. The van der Waals surface area contributed by atoms with E-state index in [0.717, 1.165) is 12.1 Å². The van der Waals surface area contributed by atoms with Crippen molar-refractivity contribution in [1.29, 1.82) is 0 Å². The summed E-state index contributed by atoms with van der Waals surface area (Å²) >= 11 is 0. The van der Waals surface area contributed by atoms with E-state index in [1.54, 1.807) is 13.8 Å². The Morgan fingerprint density at radius 2 is 1.74 bits per heavy atom. The van der Waals surface area contributed by atoms with Crippen molar-refractivity contribution in [1.82, 2.24) is 4.90 Å². The maximum atomic E-state index is 13.5. The highest BCUT2D eigenvalue weighted by Gasteiger charge is 2.21. The largest absolute Gasteiger partial charge is 0.399 e. The van der Waals surface area contributed by atoms with Gasteiger partial charge in [-0.1, -0.05) is 0 Å². The SMILES string of the molecule is CCN(CC)C(=O)CS(=O)c1c(F)cc(N)cc1F. The fourth-order valence-corrected chi connectivity index (χ4v) is 2.75. The van der Waals surface area contributed by atoms with Gasteiger partial charge in [-0.15, -0.1) is 0 Å². The fraction of sp³-hybridized carbons (Fsp3) is 0.417. The molecule has 19 heavy (non-hydrogen) atoms. The summed E-state index contributed by atoms with van der Waals surface area (Å²) in [6.07, 6.45) is 0. The van der Waals surface area contributed by atoms with Crippen LogP contribution in [0.4, 0.5) is 14.5 Å². The Morgan fingerprint density at radius 1 is 1.26 bits per heavy atom. The third kappa shape index (κ3) is 3.73. The number of benzene rings is 1. The second-order valence-corrected chi connectivity index (χ2v) is 5.26. The first-order valence-electron chi connectivity index (χ1n) is 5.81. The number of carbonyl (C=O) groups is 1. The van der Waals surface area contributed by atoms with Crippen molar-refractivity contribution in [2.24, 2.45) is 0 Å². The Kier molecular flexibility index (Phi) is 5.41. The van der Waals surface area contributed by atoms with E-state index in [1.807, 2.05) is 0 Å². The van der Waals surface area contributed by atoms with Crippen molar-refractivity contribution in [3.05, 3.63) is 23.8 Å². The maximum Gasteiger partial charge on any atom is 0.235 e. The standard InChI is InChI=1S/C12H16F2N2O2S/c1-3-16(4-2)11(17)7-19(18)12-9(13)5-8(15)6-10(12)14/h5-6H,3-4,7,15H2,1-2H3. The molecule has 1 aromatic rings. The molecule has 0 aliphatic carbocycles. The topological polar surface area (TPSA) is 63.4 Å². The molecule has 0 aromatic heterocycles. The lowest BCUT2D eigenvalue weighted by Gasteiger charge is -2.18. The molecule has 1 amide bonds. The monoisotopic (exact) mass is 290 g/mol. The average molecular weight is 290 g/mol. The third-order valence-electron chi connectivity index (χ3n) is 2.62. The Hall–Kier alpha value is -1.50. The number of nitrogens with zero attached hydrogens (tertiary/aromatic N) is 1. The Balaban J connectivity index is 2.93. The predicted molar refractivity (Wildman–Crippen MR) is 70.0 cm³/mol. The number of nitrogens with two attached hydrogens (primary N) is 1. The van der Waals surface area contributed by atoms with Crippen LogP contribution in [0, 0.1) is 11.6 Å². The van der Waals surface area contributed by atoms with Gasteiger partial charge in [-0.2, -0.15) is 0 Å². The molecule has 1 unspecified atom stereocenters. The van der Waals surface area contributed by atoms with Gasteiger partial charge in [-0.25, -0.2) is 8.78 Å². The van der Waals surface area contributed by atoms with Gasteiger partial charge in [0.05, 0.1) is 10.8 Å². The number of hydrogen-bond acceptors (Lipinski definition) is 3. The van der Waals surface area contributed by atoms with Crippen LogP contribution in [-0.2, 0) is 15.6 Å². The molecule has 7 heteroatoms. The molecule has 0 aliphatic rings. The van der Waals surface area contributed by atoms with Crippen LogP contribution in [0.25, 0.3) is 0 Å². The number of nitrogen functional groups attached to an aromatic ring is 1. The van der Waals surface area contributed by atoms with Crippen LogP contribution in [0.2, 0.25) is 0 Å². The zero-order valence-corrected chi connectivity index (χ0v) is 11.6. The molecular weight excluding hydrogens is 274 g/mol. The summed E-state index contributed by atoms with van der Waals surface area (Å²) in [7, 11) is -2.07. The number of rotatable bonds is 5. The zero-order chi connectivity index (χ0) is 14.6. The van der Waals surface area contributed by atoms with Gasteiger partial charge in [0.2, 0.25) is 5.91 Å². The zero-order valence-electron chi connectivity index (χ0n) is 10.8. The highest BCUT2D eigenvalue weighted by molar-refractivity contribution is 7.85. The number of carbonyl (C=O) groups excluding carboxylic acids is 1. The summed E-state index contributed by atoms with van der Waals surface area (Å²) in [4.78, 5) is 12.6. The van der Waals surface area contributed by atoms with E-state index in [0.29, 0.717) is 13.1 Å². The summed E-state index contributed by atoms with van der Waals surface area (Å²) in [6.45, 7) is 4.46. The van der Waals surface area contributed by atoms with Crippen molar-refractivity contribution in [3.63, 3.8) is 0 Å². The summed E-state index contributed by atoms with van der Waals surface area (Å²) in [5.41, 5.74) is 5.18. The van der Waals surface area contributed by atoms with Gasteiger partial charge in [0.25, 0.3) is 0 Å². The minimum absolute atomic E-state index is 0.0918. The molecule has 0 radical (unpaired) electrons. The van der Waals surface area contributed by atoms with Crippen LogP contribution in [0.3, 0.4) is 0 Å². The number of hydrogen-bond donors (Lipinski definition) is 1. The smallest absolute Gasteiger partial charge is 0.235 e. The van der Waals surface area contributed by atoms with Gasteiger partial charge in [-0.3, -0.25) is 9.00 Å². The van der Waals surface area contributed by atoms with E-state index < -0.39 is 39.0 Å². The van der Waals surface area contributed by atoms with Gasteiger partial charge in [0.15, 0.2) is 0 Å². The lowest BCUT2D eigenvalue weighted by atomic mass is 10.3. The second-order valence-electron chi connectivity index (χ2n) is 3.87. The second kappa shape index (κ2) is 6.60. The van der Waals surface area contributed by atoms with E-state index in [9.17, 15) is 17.8 Å². The molecule has 0 saturated carbocycles. The third-order valence-corrected chi connectivity index (χ3v) is 3.97. The Morgan fingerprint density at radius 3 is 2.16 bits per heavy atom. The van der Waals surface area contributed by atoms with Gasteiger partial charge in [-0.05, 0) is 26.0 Å². The lowest BCUT2D eigenvalue weighted by molar-refractivity contribution is -0.128. The molecule has 0 heterocycles. The summed E-state index contributed by atoms with van der Waals surface area (Å²) in [6, 6.07) is 1.77. The molecule has 0 saturated heterocycles. The Bertz CT molecular complexity index is 481. The van der Waals surface area contributed by atoms with E-state index in [-0.39, 0.29) is 5.69 Å². The van der Waals surface area contributed by atoms with Crippen LogP contribution < -0.4 is 5.73 Å². The molecule has 1 rings (SSSR count). The van der Waals surface area contributed by atoms with Crippen molar-refractivity contribution < 1.29 is 17.8 Å². The van der Waals surface area contributed by atoms with Crippen LogP contribution >= 0.6 is 0 Å². The molecule has 0 bridgehead atoms. The van der Waals surface area contributed by atoms with Gasteiger partial charge >= 0.3 is 0 Å². The minimum atomic E-state index is -2.07. The van der Waals surface area contributed by atoms with Crippen LogP contribution in [-0.4, -0.2) is 33.9 Å². The van der Waals surface area contributed by atoms with E-state index >= 15 is 0 Å². The fourth-order valence-electron chi connectivity index (χ4n) is 1.65. The molecule has 0 aliphatic heterocycles. The molecule has 1 aromatic carbocycles. The van der Waals surface area contributed by atoms with Crippen LogP contribution in [0.5, 0.6) is 0 Å². The first-order valence-corrected chi connectivity index (χ1v) is 7.13. The van der Waals surface area contributed by atoms with Crippen molar-refractivity contribution in [2.75, 3.05) is 24.6 Å². The molecular formula is C12H16F2N2O2S. The molecule has 0 spiro atoms. The average Bonchev–Trinajstić information content (AvgIpc) is 2.28. The maximum absolute atomic E-state index is 13.5. The lowest BCUT2D eigenvalue weighted by Crippen LogP contribution is -2.34. The predicted octanol–water partition coefficient (Wildman–Crippen LogP) is 1.52. The first kappa shape index (κ1) is 15.6. The van der Waals surface area contributed by atoms with Gasteiger partial charge < -0.3 is 10.6 Å². The first-order chi connectivity index (χ1) is 8.90. The molecule has 2 N–H and O–H groups in total. The quantitative estimate of drug-likeness (QED) is 0.836. The highest BCUT2D eigenvalue weighted by atomic mass is 32.2. The molecule has 106 valence electrons. The van der Waals surface area contributed by atoms with Crippen molar-refractivity contribution in [2.45, 2.75) is 18.7 Å². The van der Waals surface area contributed by atoms with E-state index in [4.69, 9.17) is 5.73 Å². The van der Waals surface area contributed by atoms with E-state index in [1.165, 1.54) is 4.90 Å². The Labute approximate surface area is 113 Å². The van der Waals surface area contributed by atoms with E-state index in [2.05, 4.69) is 0 Å². The molecule has 1 atom stereocenters.